The molecule has 1 nitrogen and oxygen atoms in total. The van der Waals surface area contributed by atoms with Gasteiger partial charge in [-0.3, -0.25) is 0 Å². The van der Waals surface area contributed by atoms with Gasteiger partial charge in [0, 0.05) is 30.9 Å². The summed E-state index contributed by atoms with van der Waals surface area (Å²) in [6, 6.07) is 7.19. The molecule has 82 valence electrons. The van der Waals surface area contributed by atoms with Crippen molar-refractivity contribution in [1.82, 2.24) is 4.98 Å². The lowest BCUT2D eigenvalue weighted by Crippen LogP contribution is -1.86. The summed E-state index contributed by atoms with van der Waals surface area (Å²) >= 11 is 20.3. The maximum absolute atomic E-state index is 6.11. The molecule has 0 spiro atoms. The van der Waals surface area contributed by atoms with Crippen LogP contribution in [-0.4, -0.2) is 4.98 Å². The first-order valence-corrected chi connectivity index (χ1v) is 6.55. The second-order valence-corrected chi connectivity index (χ2v) is 5.56. The number of aromatic nitrogens is 1. The highest BCUT2D eigenvalue weighted by Gasteiger charge is 2.09. The second kappa shape index (κ2) is 5.08. The molecule has 1 aromatic carbocycles. The van der Waals surface area contributed by atoms with Crippen molar-refractivity contribution < 1.29 is 0 Å². The van der Waals surface area contributed by atoms with Gasteiger partial charge >= 0.3 is 0 Å². The van der Waals surface area contributed by atoms with Crippen molar-refractivity contribution in [3.8, 4) is 11.1 Å². The van der Waals surface area contributed by atoms with Gasteiger partial charge < -0.3 is 0 Å². The molecule has 0 aliphatic carbocycles. The lowest BCUT2D eigenvalue weighted by Gasteiger charge is -2.07. The van der Waals surface area contributed by atoms with E-state index in [2.05, 4.69) is 27.6 Å². The fraction of sp³-hybridized carbons (Fsp3) is 0. The van der Waals surface area contributed by atoms with Gasteiger partial charge in [0.05, 0.1) is 0 Å². The summed E-state index contributed by atoms with van der Waals surface area (Å²) in [5, 5.41) is 1.65. The Morgan fingerprint density at radius 2 is 1.75 bits per heavy atom. The van der Waals surface area contributed by atoms with Gasteiger partial charge in [0.2, 0.25) is 0 Å². The lowest BCUT2D eigenvalue weighted by atomic mass is 10.1. The Bertz CT molecular complexity index is 493. The highest BCUT2D eigenvalue weighted by Crippen LogP contribution is 2.34. The van der Waals surface area contributed by atoms with E-state index in [9.17, 15) is 0 Å². The van der Waals surface area contributed by atoms with Gasteiger partial charge in [-0.15, -0.1) is 0 Å². The Morgan fingerprint density at radius 1 is 1.00 bits per heavy atom. The van der Waals surface area contributed by atoms with E-state index in [4.69, 9.17) is 34.8 Å². The van der Waals surface area contributed by atoms with Gasteiger partial charge in [-0.2, -0.15) is 0 Å². The van der Waals surface area contributed by atoms with Crippen molar-refractivity contribution in [2.75, 3.05) is 0 Å². The van der Waals surface area contributed by atoms with Crippen LogP contribution in [0.1, 0.15) is 0 Å². The summed E-state index contributed by atoms with van der Waals surface area (Å²) in [7, 11) is 0. The Morgan fingerprint density at radius 3 is 2.50 bits per heavy atom. The van der Waals surface area contributed by atoms with Crippen molar-refractivity contribution in [2.45, 2.75) is 0 Å². The maximum Gasteiger partial charge on any atom is 0.136 e. The molecule has 2 rings (SSSR count). The highest BCUT2D eigenvalue weighted by atomic mass is 127. The largest absolute Gasteiger partial charge is 0.243 e. The Balaban J connectivity index is 2.66. The summed E-state index contributed by atoms with van der Waals surface area (Å²) in [6.45, 7) is 0. The molecule has 0 unspecified atom stereocenters. The van der Waals surface area contributed by atoms with Crippen LogP contribution in [0.25, 0.3) is 11.1 Å². The molecule has 1 aromatic heterocycles. The minimum atomic E-state index is 0.421. The molecule has 0 N–H and O–H groups in total. The first-order valence-electron chi connectivity index (χ1n) is 4.34. The molecule has 0 aliphatic rings. The minimum absolute atomic E-state index is 0.421. The molecule has 1 heterocycles. The fourth-order valence-corrected chi connectivity index (χ4v) is 2.36. The number of halogens is 4. The van der Waals surface area contributed by atoms with Crippen LogP contribution < -0.4 is 0 Å². The van der Waals surface area contributed by atoms with Crippen molar-refractivity contribution in [3.63, 3.8) is 0 Å². The predicted octanol–water partition coefficient (Wildman–Crippen LogP) is 5.31. The van der Waals surface area contributed by atoms with Crippen LogP contribution in [0.15, 0.2) is 30.5 Å². The molecular formula is C11H5Cl3IN. The van der Waals surface area contributed by atoms with Crippen molar-refractivity contribution in [3.05, 3.63) is 49.2 Å². The zero-order chi connectivity index (χ0) is 11.7. The standard InChI is InChI=1S/C11H5Cl3IN/c12-6-1-2-10(13)8(3-6)9-4-7(15)5-16-11(9)14/h1-5H. The van der Waals surface area contributed by atoms with Crippen LogP contribution in [0.2, 0.25) is 15.2 Å². The topological polar surface area (TPSA) is 12.9 Å². The molecule has 2 aromatic rings. The highest BCUT2D eigenvalue weighted by molar-refractivity contribution is 14.1. The van der Waals surface area contributed by atoms with Crippen LogP contribution >= 0.6 is 57.4 Å². The normalized spacial score (nSPS) is 10.5. The first kappa shape index (κ1) is 12.4. The van der Waals surface area contributed by atoms with E-state index < -0.39 is 0 Å². The molecule has 0 aliphatic heterocycles. The molecule has 0 radical (unpaired) electrons. The van der Waals surface area contributed by atoms with E-state index in [-0.39, 0.29) is 0 Å². The molecule has 0 saturated heterocycles. The van der Waals surface area contributed by atoms with Gasteiger partial charge in [0.25, 0.3) is 0 Å². The molecular weight excluding hydrogens is 379 g/mol. The van der Waals surface area contributed by atoms with E-state index in [1.54, 1.807) is 24.4 Å². The Kier molecular flexibility index (Phi) is 3.95. The SMILES string of the molecule is Clc1ccc(Cl)c(-c2cc(I)cnc2Cl)c1. The molecule has 0 fully saturated rings. The summed E-state index contributed by atoms with van der Waals surface area (Å²) in [4.78, 5) is 4.08. The Labute approximate surface area is 122 Å². The van der Waals surface area contributed by atoms with E-state index in [1.807, 2.05) is 6.07 Å². The Hall–Kier alpha value is -0.0300. The second-order valence-electron chi connectivity index (χ2n) is 3.12. The minimum Gasteiger partial charge on any atom is -0.243 e. The third-order valence-electron chi connectivity index (χ3n) is 2.02. The molecule has 0 amide bonds. The van der Waals surface area contributed by atoms with E-state index in [1.165, 1.54) is 0 Å². The number of hydrogen-bond acceptors (Lipinski definition) is 1. The van der Waals surface area contributed by atoms with Crippen LogP contribution in [-0.2, 0) is 0 Å². The number of nitrogens with zero attached hydrogens (tertiary/aromatic N) is 1. The van der Waals surface area contributed by atoms with Crippen molar-refractivity contribution in [2.24, 2.45) is 0 Å². The average molecular weight is 384 g/mol. The maximum atomic E-state index is 6.11. The summed E-state index contributed by atoms with van der Waals surface area (Å²) in [5.74, 6) is 0. The van der Waals surface area contributed by atoms with Crippen LogP contribution in [0.3, 0.4) is 0 Å². The van der Waals surface area contributed by atoms with E-state index in [0.29, 0.717) is 15.2 Å². The smallest absolute Gasteiger partial charge is 0.136 e. The van der Waals surface area contributed by atoms with Crippen molar-refractivity contribution in [1.29, 1.82) is 0 Å². The fourth-order valence-electron chi connectivity index (χ4n) is 1.32. The van der Waals surface area contributed by atoms with E-state index >= 15 is 0 Å². The number of rotatable bonds is 1. The first-order chi connectivity index (χ1) is 7.58. The van der Waals surface area contributed by atoms with Crippen molar-refractivity contribution >= 4 is 57.4 Å². The average Bonchev–Trinajstić information content (AvgIpc) is 2.25. The molecule has 0 atom stereocenters. The number of hydrogen-bond donors (Lipinski definition) is 0. The molecule has 5 heteroatoms. The zero-order valence-corrected chi connectivity index (χ0v) is 12.3. The third kappa shape index (κ3) is 2.62. The molecule has 16 heavy (non-hydrogen) atoms. The van der Waals surface area contributed by atoms with Gasteiger partial charge in [-0.1, -0.05) is 34.8 Å². The van der Waals surface area contributed by atoms with Gasteiger partial charge in [-0.05, 0) is 46.9 Å². The zero-order valence-electron chi connectivity index (χ0n) is 7.85. The van der Waals surface area contributed by atoms with Crippen LogP contribution in [0, 0.1) is 3.57 Å². The van der Waals surface area contributed by atoms with Gasteiger partial charge in [0.15, 0.2) is 0 Å². The number of benzene rings is 1. The quantitative estimate of drug-likeness (QED) is 0.479. The summed E-state index contributed by atoms with van der Waals surface area (Å²) in [5.41, 5.74) is 1.59. The summed E-state index contributed by atoms with van der Waals surface area (Å²) < 4.78 is 0.994. The monoisotopic (exact) mass is 383 g/mol. The third-order valence-corrected chi connectivity index (χ3v) is 3.48. The predicted molar refractivity (Wildman–Crippen MR) is 77.4 cm³/mol. The molecule has 0 bridgehead atoms. The molecule has 0 saturated carbocycles. The summed E-state index contributed by atoms with van der Waals surface area (Å²) in [6.07, 6.45) is 1.70. The van der Waals surface area contributed by atoms with Gasteiger partial charge in [0.1, 0.15) is 5.15 Å². The van der Waals surface area contributed by atoms with E-state index in [0.717, 1.165) is 14.7 Å². The number of pyridine rings is 1. The van der Waals surface area contributed by atoms with Crippen LogP contribution in [0.4, 0.5) is 0 Å². The van der Waals surface area contributed by atoms with Crippen LogP contribution in [0.5, 0.6) is 0 Å². The van der Waals surface area contributed by atoms with Gasteiger partial charge in [-0.25, -0.2) is 4.98 Å². The lowest BCUT2D eigenvalue weighted by molar-refractivity contribution is 1.31.